The molecule has 16 heavy (non-hydrogen) atoms. The molecule has 0 aliphatic heterocycles. The predicted octanol–water partition coefficient (Wildman–Crippen LogP) is 2.03. The van der Waals surface area contributed by atoms with Gasteiger partial charge in [0.05, 0.1) is 25.1 Å². The first-order valence-electron chi connectivity index (χ1n) is 5.01. The van der Waals surface area contributed by atoms with E-state index in [9.17, 15) is 0 Å². The van der Waals surface area contributed by atoms with Crippen LogP contribution in [-0.4, -0.2) is 24.0 Å². The maximum absolute atomic E-state index is 5.10. The normalized spacial score (nSPS) is 10.4. The van der Waals surface area contributed by atoms with Gasteiger partial charge in [-0.15, -0.1) is 0 Å². The van der Waals surface area contributed by atoms with Gasteiger partial charge in [-0.25, -0.2) is 4.68 Å². The lowest BCUT2D eigenvalue weighted by Crippen LogP contribution is -1.96. The van der Waals surface area contributed by atoms with E-state index in [2.05, 4.69) is 5.10 Å². The molecule has 0 atom stereocenters. The van der Waals surface area contributed by atoms with Crippen LogP contribution in [0.15, 0.2) is 36.5 Å². The van der Waals surface area contributed by atoms with Gasteiger partial charge >= 0.3 is 0 Å². The zero-order valence-electron chi connectivity index (χ0n) is 9.38. The highest BCUT2D eigenvalue weighted by Crippen LogP contribution is 2.14. The van der Waals surface area contributed by atoms with Crippen molar-refractivity contribution >= 4 is 0 Å². The monoisotopic (exact) mass is 218 g/mol. The highest BCUT2D eigenvalue weighted by Gasteiger charge is 2.00. The molecule has 0 aliphatic rings. The Kier molecular flexibility index (Phi) is 3.22. The van der Waals surface area contributed by atoms with Crippen molar-refractivity contribution in [1.29, 1.82) is 0 Å². The van der Waals surface area contributed by atoms with Gasteiger partial charge in [0.25, 0.3) is 0 Å². The first-order chi connectivity index (χ1) is 7.83. The van der Waals surface area contributed by atoms with Crippen LogP contribution in [0.3, 0.4) is 0 Å². The van der Waals surface area contributed by atoms with Crippen LogP contribution in [0, 0.1) is 0 Å². The van der Waals surface area contributed by atoms with E-state index in [1.54, 1.807) is 14.2 Å². The molecule has 0 fully saturated rings. The fraction of sp³-hybridized carbons (Fsp3) is 0.250. The molecule has 0 unspecified atom stereocenters. The number of methoxy groups -OCH3 is 2. The minimum atomic E-state index is 0.531. The molecular weight excluding hydrogens is 204 g/mol. The first kappa shape index (κ1) is 10.7. The Balaban J connectivity index is 2.21. The average Bonchev–Trinajstić information content (AvgIpc) is 2.78. The minimum absolute atomic E-state index is 0.531. The highest BCUT2D eigenvalue weighted by molar-refractivity contribution is 5.36. The summed E-state index contributed by atoms with van der Waals surface area (Å²) in [5, 5.41) is 4.38. The molecule has 0 radical (unpaired) electrons. The lowest BCUT2D eigenvalue weighted by atomic mass is 10.3. The van der Waals surface area contributed by atoms with E-state index < -0.39 is 0 Å². The fourth-order valence-electron chi connectivity index (χ4n) is 1.47. The molecule has 84 valence electrons. The average molecular weight is 218 g/mol. The van der Waals surface area contributed by atoms with Crippen LogP contribution in [0.25, 0.3) is 5.69 Å². The first-order valence-corrected chi connectivity index (χ1v) is 5.01. The van der Waals surface area contributed by atoms with Gasteiger partial charge in [0, 0.05) is 13.3 Å². The van der Waals surface area contributed by atoms with Crippen LogP contribution in [0.1, 0.15) is 5.69 Å². The number of rotatable bonds is 4. The number of ether oxygens (including phenoxy) is 2. The molecule has 0 amide bonds. The number of hydrogen-bond acceptors (Lipinski definition) is 3. The summed E-state index contributed by atoms with van der Waals surface area (Å²) in [4.78, 5) is 0. The van der Waals surface area contributed by atoms with Gasteiger partial charge in [0.2, 0.25) is 0 Å². The van der Waals surface area contributed by atoms with E-state index in [0.29, 0.717) is 6.61 Å². The summed E-state index contributed by atoms with van der Waals surface area (Å²) in [6, 6.07) is 9.68. The number of hydrogen-bond donors (Lipinski definition) is 0. The lowest BCUT2D eigenvalue weighted by Gasteiger charge is -2.03. The molecule has 0 spiro atoms. The molecule has 2 aromatic rings. The van der Waals surface area contributed by atoms with Crippen LogP contribution in [-0.2, 0) is 11.3 Å². The van der Waals surface area contributed by atoms with E-state index in [-0.39, 0.29) is 0 Å². The molecule has 0 bridgehead atoms. The summed E-state index contributed by atoms with van der Waals surface area (Å²) in [6.45, 7) is 0.531. The van der Waals surface area contributed by atoms with Gasteiger partial charge in [0.15, 0.2) is 0 Å². The van der Waals surface area contributed by atoms with Gasteiger partial charge in [-0.05, 0) is 30.3 Å². The van der Waals surface area contributed by atoms with Crippen molar-refractivity contribution in [3.8, 4) is 11.4 Å². The SMILES string of the molecule is COCc1ccn(-c2ccc(OC)cc2)n1. The van der Waals surface area contributed by atoms with Crippen molar-refractivity contribution in [2.45, 2.75) is 6.61 Å². The molecule has 1 aromatic carbocycles. The Hall–Kier alpha value is -1.81. The zero-order chi connectivity index (χ0) is 11.4. The second-order valence-electron chi connectivity index (χ2n) is 3.38. The standard InChI is InChI=1S/C12H14N2O2/c1-15-9-10-7-8-14(13-10)11-3-5-12(16-2)6-4-11/h3-8H,9H2,1-2H3. The summed E-state index contributed by atoms with van der Waals surface area (Å²) < 4.78 is 11.9. The molecule has 1 heterocycles. The second kappa shape index (κ2) is 4.81. The van der Waals surface area contributed by atoms with Crippen molar-refractivity contribution < 1.29 is 9.47 Å². The van der Waals surface area contributed by atoms with Gasteiger partial charge in [-0.2, -0.15) is 5.10 Å². The fourth-order valence-corrected chi connectivity index (χ4v) is 1.47. The Morgan fingerprint density at radius 1 is 1.12 bits per heavy atom. The van der Waals surface area contributed by atoms with Gasteiger partial charge in [-0.3, -0.25) is 0 Å². The van der Waals surface area contributed by atoms with E-state index in [0.717, 1.165) is 17.1 Å². The largest absolute Gasteiger partial charge is 0.497 e. The molecule has 4 nitrogen and oxygen atoms in total. The van der Waals surface area contributed by atoms with Crippen molar-refractivity contribution in [3.05, 3.63) is 42.2 Å². The summed E-state index contributed by atoms with van der Waals surface area (Å²) in [7, 11) is 3.31. The number of nitrogens with zero attached hydrogens (tertiary/aromatic N) is 2. The molecular formula is C12H14N2O2. The number of benzene rings is 1. The zero-order valence-corrected chi connectivity index (χ0v) is 9.38. The van der Waals surface area contributed by atoms with Crippen LogP contribution in [0.2, 0.25) is 0 Å². The second-order valence-corrected chi connectivity index (χ2v) is 3.38. The summed E-state index contributed by atoms with van der Waals surface area (Å²) >= 11 is 0. The maximum Gasteiger partial charge on any atom is 0.119 e. The topological polar surface area (TPSA) is 36.3 Å². The molecule has 0 aliphatic carbocycles. The van der Waals surface area contributed by atoms with Crippen molar-refractivity contribution in [2.75, 3.05) is 14.2 Å². The quantitative estimate of drug-likeness (QED) is 0.787. The summed E-state index contributed by atoms with van der Waals surface area (Å²) in [6.07, 6.45) is 1.91. The Labute approximate surface area is 94.4 Å². The molecule has 4 heteroatoms. The van der Waals surface area contributed by atoms with E-state index in [1.165, 1.54) is 0 Å². The smallest absolute Gasteiger partial charge is 0.119 e. The van der Waals surface area contributed by atoms with Crippen molar-refractivity contribution in [3.63, 3.8) is 0 Å². The van der Waals surface area contributed by atoms with Crippen LogP contribution < -0.4 is 4.74 Å². The Morgan fingerprint density at radius 2 is 1.88 bits per heavy atom. The third-order valence-electron chi connectivity index (χ3n) is 2.27. The lowest BCUT2D eigenvalue weighted by molar-refractivity contribution is 0.181. The van der Waals surface area contributed by atoms with E-state index >= 15 is 0 Å². The summed E-state index contributed by atoms with van der Waals surface area (Å²) in [5.74, 6) is 0.841. The molecule has 2 rings (SSSR count). The van der Waals surface area contributed by atoms with Gasteiger partial charge in [0.1, 0.15) is 5.75 Å². The Bertz CT molecular complexity index is 448. The molecule has 1 aromatic heterocycles. The van der Waals surface area contributed by atoms with E-state index in [1.807, 2.05) is 41.2 Å². The van der Waals surface area contributed by atoms with Crippen molar-refractivity contribution in [1.82, 2.24) is 9.78 Å². The highest BCUT2D eigenvalue weighted by atomic mass is 16.5. The van der Waals surface area contributed by atoms with E-state index in [4.69, 9.17) is 9.47 Å². The molecule has 0 saturated heterocycles. The summed E-state index contributed by atoms with van der Waals surface area (Å²) in [5.41, 5.74) is 1.92. The number of aromatic nitrogens is 2. The van der Waals surface area contributed by atoms with Crippen molar-refractivity contribution in [2.24, 2.45) is 0 Å². The third kappa shape index (κ3) is 2.23. The van der Waals surface area contributed by atoms with Gasteiger partial charge in [-0.1, -0.05) is 0 Å². The molecule has 0 N–H and O–H groups in total. The Morgan fingerprint density at radius 3 is 2.50 bits per heavy atom. The predicted molar refractivity (Wildman–Crippen MR) is 60.8 cm³/mol. The molecule has 0 saturated carbocycles. The third-order valence-corrected chi connectivity index (χ3v) is 2.27. The van der Waals surface area contributed by atoms with Crippen LogP contribution in [0.5, 0.6) is 5.75 Å². The minimum Gasteiger partial charge on any atom is -0.497 e. The van der Waals surface area contributed by atoms with Crippen LogP contribution in [0.4, 0.5) is 0 Å². The maximum atomic E-state index is 5.10. The van der Waals surface area contributed by atoms with Gasteiger partial charge < -0.3 is 9.47 Å². The van der Waals surface area contributed by atoms with Crippen LogP contribution >= 0.6 is 0 Å².